The minimum Gasteiger partial charge on any atom is -0.465 e. The normalized spacial score (nSPS) is 13.9. The van der Waals surface area contributed by atoms with Crippen LogP contribution in [0.15, 0.2) is 42.6 Å². The van der Waals surface area contributed by atoms with Crippen molar-refractivity contribution < 1.29 is 23.5 Å². The van der Waals surface area contributed by atoms with Gasteiger partial charge in [-0.3, -0.25) is 9.88 Å². The summed E-state index contributed by atoms with van der Waals surface area (Å²) in [5.41, 5.74) is 1.48. The van der Waals surface area contributed by atoms with Crippen molar-refractivity contribution in [3.63, 3.8) is 0 Å². The largest absolute Gasteiger partial charge is 0.465 e. The quantitative estimate of drug-likeness (QED) is 0.770. The second-order valence-corrected chi connectivity index (χ2v) is 5.97. The number of benzene rings is 1. The highest BCUT2D eigenvalue weighted by atomic mass is 19.1. The molecule has 0 atom stereocenters. The van der Waals surface area contributed by atoms with Crippen molar-refractivity contribution in [2.45, 2.75) is 6.54 Å². The molecule has 1 aromatic heterocycles. The molecule has 1 saturated heterocycles. The molecule has 0 N–H and O–H groups in total. The molecule has 3 rings (SSSR count). The van der Waals surface area contributed by atoms with E-state index in [1.165, 1.54) is 30.3 Å². The van der Waals surface area contributed by atoms with Crippen molar-refractivity contribution in [2.75, 3.05) is 38.3 Å². The number of hydrogen-bond donors (Lipinski definition) is 0. The molecule has 1 aliphatic heterocycles. The summed E-state index contributed by atoms with van der Waals surface area (Å²) in [7, 11) is 1.30. The summed E-state index contributed by atoms with van der Waals surface area (Å²) in [4.78, 5) is 32.0. The molecular weight excluding hydrogens is 353 g/mol. The number of hydrogen-bond acceptors (Lipinski definition) is 5. The van der Waals surface area contributed by atoms with Gasteiger partial charge in [0.05, 0.1) is 38.1 Å². The summed E-state index contributed by atoms with van der Waals surface area (Å²) in [5.74, 6) is -0.855. The van der Waals surface area contributed by atoms with Gasteiger partial charge in [-0.25, -0.2) is 14.0 Å². The monoisotopic (exact) mass is 373 g/mol. The number of pyridine rings is 1. The van der Waals surface area contributed by atoms with Crippen LogP contribution in [-0.4, -0.2) is 55.3 Å². The summed E-state index contributed by atoms with van der Waals surface area (Å²) in [5, 5.41) is 0. The molecule has 0 radical (unpaired) electrons. The van der Waals surface area contributed by atoms with Gasteiger partial charge in [-0.05, 0) is 36.4 Å². The van der Waals surface area contributed by atoms with Crippen molar-refractivity contribution >= 4 is 17.7 Å². The third-order valence-electron chi connectivity index (χ3n) is 4.22. The number of ether oxygens (including phenoxy) is 2. The lowest BCUT2D eigenvalue weighted by molar-refractivity contribution is 0.0548. The zero-order chi connectivity index (χ0) is 19.2. The third kappa shape index (κ3) is 4.59. The standard InChI is InChI=1S/C19H20FN3O4/c1-26-18(24)14-2-5-16(21-12-14)13-23(17-6-3-15(20)4-7-17)19(25)22-8-10-27-11-9-22/h2-7,12H,8-11,13H2,1H3. The van der Waals surface area contributed by atoms with Gasteiger partial charge in [-0.2, -0.15) is 0 Å². The van der Waals surface area contributed by atoms with Crippen molar-refractivity contribution in [1.29, 1.82) is 0 Å². The first-order chi connectivity index (χ1) is 13.1. The molecule has 0 unspecified atom stereocenters. The number of morpholine rings is 1. The fraction of sp³-hybridized carbons (Fsp3) is 0.316. The van der Waals surface area contributed by atoms with Crippen molar-refractivity contribution in [3.8, 4) is 0 Å². The Morgan fingerprint density at radius 3 is 2.48 bits per heavy atom. The smallest absolute Gasteiger partial charge is 0.339 e. The maximum absolute atomic E-state index is 13.3. The summed E-state index contributed by atoms with van der Waals surface area (Å²) in [6, 6.07) is 8.77. The van der Waals surface area contributed by atoms with Crippen molar-refractivity contribution in [1.82, 2.24) is 9.88 Å². The van der Waals surface area contributed by atoms with Gasteiger partial charge in [0.1, 0.15) is 5.82 Å². The van der Waals surface area contributed by atoms with Crippen LogP contribution in [0.5, 0.6) is 0 Å². The number of amides is 2. The first-order valence-electron chi connectivity index (χ1n) is 8.51. The molecule has 2 aromatic rings. The lowest BCUT2D eigenvalue weighted by Gasteiger charge is -2.33. The van der Waals surface area contributed by atoms with E-state index in [4.69, 9.17) is 4.74 Å². The van der Waals surface area contributed by atoms with Gasteiger partial charge in [0.15, 0.2) is 0 Å². The third-order valence-corrected chi connectivity index (χ3v) is 4.22. The zero-order valence-corrected chi connectivity index (χ0v) is 14.9. The highest BCUT2D eigenvalue weighted by Gasteiger charge is 2.25. The van der Waals surface area contributed by atoms with Crippen LogP contribution in [-0.2, 0) is 16.0 Å². The lowest BCUT2D eigenvalue weighted by atomic mass is 10.2. The minimum atomic E-state index is -0.478. The molecule has 27 heavy (non-hydrogen) atoms. The minimum absolute atomic E-state index is 0.184. The van der Waals surface area contributed by atoms with Gasteiger partial charge in [0, 0.05) is 25.0 Å². The molecule has 1 fully saturated rings. The molecule has 2 heterocycles. The number of carbonyl (C=O) groups excluding carboxylic acids is 2. The van der Waals surface area contributed by atoms with Crippen LogP contribution >= 0.6 is 0 Å². The Hall–Kier alpha value is -3.00. The average Bonchev–Trinajstić information content (AvgIpc) is 2.73. The maximum Gasteiger partial charge on any atom is 0.339 e. The van der Waals surface area contributed by atoms with Gasteiger partial charge in [0.25, 0.3) is 0 Å². The van der Waals surface area contributed by atoms with Crippen molar-refractivity contribution in [2.24, 2.45) is 0 Å². The average molecular weight is 373 g/mol. The second-order valence-electron chi connectivity index (χ2n) is 5.97. The van der Waals surface area contributed by atoms with E-state index >= 15 is 0 Å². The molecule has 1 aromatic carbocycles. The molecule has 0 aliphatic carbocycles. The zero-order valence-electron chi connectivity index (χ0n) is 14.9. The van der Waals surface area contributed by atoms with Gasteiger partial charge in [-0.15, -0.1) is 0 Å². The highest BCUT2D eigenvalue weighted by molar-refractivity contribution is 5.92. The Balaban J connectivity index is 1.83. The lowest BCUT2D eigenvalue weighted by Crippen LogP contribution is -2.48. The van der Waals surface area contributed by atoms with Gasteiger partial charge >= 0.3 is 12.0 Å². The molecule has 0 spiro atoms. The van der Waals surface area contributed by atoms with E-state index in [-0.39, 0.29) is 18.4 Å². The number of urea groups is 1. The Bertz CT molecular complexity index is 790. The Morgan fingerprint density at radius 2 is 1.89 bits per heavy atom. The fourth-order valence-electron chi connectivity index (χ4n) is 2.73. The number of rotatable bonds is 4. The summed E-state index contributed by atoms with van der Waals surface area (Å²) in [6.45, 7) is 2.13. The summed E-state index contributed by atoms with van der Waals surface area (Å²) < 4.78 is 23.3. The van der Waals surface area contributed by atoms with Crippen LogP contribution in [0.4, 0.5) is 14.9 Å². The molecule has 2 amide bonds. The SMILES string of the molecule is COC(=O)c1ccc(CN(C(=O)N2CCOCC2)c2ccc(F)cc2)nc1. The van der Waals surface area contributed by atoms with E-state index in [1.807, 2.05) is 0 Å². The number of esters is 1. The summed E-state index contributed by atoms with van der Waals surface area (Å²) in [6.07, 6.45) is 1.41. The van der Waals surface area contributed by atoms with E-state index in [0.29, 0.717) is 43.2 Å². The maximum atomic E-state index is 13.3. The van der Waals surface area contributed by atoms with Crippen LogP contribution in [0.3, 0.4) is 0 Å². The van der Waals surface area contributed by atoms with Gasteiger partial charge < -0.3 is 14.4 Å². The van der Waals surface area contributed by atoms with Crippen LogP contribution in [0.2, 0.25) is 0 Å². The van der Waals surface area contributed by atoms with Gasteiger partial charge in [-0.1, -0.05) is 0 Å². The number of halogens is 1. The summed E-state index contributed by atoms with van der Waals surface area (Å²) >= 11 is 0. The highest BCUT2D eigenvalue weighted by Crippen LogP contribution is 2.20. The number of nitrogens with zero attached hydrogens (tertiary/aromatic N) is 3. The number of aromatic nitrogens is 1. The molecule has 142 valence electrons. The first kappa shape index (κ1) is 18.8. The van der Waals surface area contributed by atoms with Gasteiger partial charge in [0.2, 0.25) is 0 Å². The van der Waals surface area contributed by atoms with Crippen LogP contribution < -0.4 is 4.90 Å². The molecule has 8 heteroatoms. The predicted octanol–water partition coefficient (Wildman–Crippen LogP) is 2.47. The fourth-order valence-corrected chi connectivity index (χ4v) is 2.73. The van der Waals surface area contributed by atoms with E-state index in [0.717, 1.165) is 0 Å². The first-order valence-corrected chi connectivity index (χ1v) is 8.51. The Morgan fingerprint density at radius 1 is 1.19 bits per heavy atom. The molecule has 0 saturated carbocycles. The van der Waals surface area contributed by atoms with E-state index in [9.17, 15) is 14.0 Å². The van der Waals surface area contributed by atoms with Crippen LogP contribution in [0, 0.1) is 5.82 Å². The predicted molar refractivity (Wildman–Crippen MR) is 95.9 cm³/mol. The Labute approximate surface area is 156 Å². The Kier molecular flexibility index (Phi) is 5.97. The number of anilines is 1. The molecule has 0 bridgehead atoms. The molecule has 1 aliphatic rings. The van der Waals surface area contributed by atoms with Crippen LogP contribution in [0.1, 0.15) is 16.1 Å². The topological polar surface area (TPSA) is 72.0 Å². The van der Waals surface area contributed by atoms with Crippen LogP contribution in [0.25, 0.3) is 0 Å². The second kappa shape index (κ2) is 8.59. The van der Waals surface area contributed by atoms with E-state index < -0.39 is 5.97 Å². The van der Waals surface area contributed by atoms with E-state index in [1.54, 1.807) is 29.2 Å². The number of methoxy groups -OCH3 is 1. The molecule has 7 nitrogen and oxygen atoms in total. The van der Waals surface area contributed by atoms with Crippen molar-refractivity contribution in [3.05, 3.63) is 59.7 Å². The van der Waals surface area contributed by atoms with E-state index in [2.05, 4.69) is 9.72 Å². The number of carbonyl (C=O) groups is 2. The molecular formula is C19H20FN3O4.